The number of fused-ring (bicyclic) bond motifs is 2. The number of carbonyl (C=O) groups excluding carboxylic acids is 1. The first-order valence-electron chi connectivity index (χ1n) is 12.3. The Bertz CT molecular complexity index is 1040. The van der Waals surface area contributed by atoms with Gasteiger partial charge in [-0.2, -0.15) is 13.2 Å². The number of pyridine rings is 1. The van der Waals surface area contributed by atoms with Crippen molar-refractivity contribution in [3.63, 3.8) is 0 Å². The zero-order chi connectivity index (χ0) is 23.9. The fraction of sp³-hybridized carbons (Fsp3) is 0.538. The standard InChI is InChI=1S/C26H31F3N4O/c1-17-7-8-21-23(32-17)14-31-16-25(21)15-30-13-22(25)24(34)33-10-9-19(18-5-3-2-4-6-18)11-20(33)12-26(27,28)29/h2-8,19-20,22,30-31H,9-16H2,1H3/p+3/t19-,20+,22+,25-/m1/s1. The predicted octanol–water partition coefficient (Wildman–Crippen LogP) is 1.04. The van der Waals surface area contributed by atoms with Gasteiger partial charge in [-0.05, 0) is 30.4 Å². The third-order valence-corrected chi connectivity index (χ3v) is 8.18. The number of hydrogen-bond acceptors (Lipinski definition) is 1. The Morgan fingerprint density at radius 3 is 2.68 bits per heavy atom. The summed E-state index contributed by atoms with van der Waals surface area (Å²) in [5.41, 5.74) is 4.08. The van der Waals surface area contributed by atoms with Gasteiger partial charge in [-0.3, -0.25) is 4.79 Å². The number of rotatable bonds is 3. The summed E-state index contributed by atoms with van der Waals surface area (Å²) in [6, 6.07) is 13.1. The number of nitrogens with one attached hydrogen (secondary N) is 1. The van der Waals surface area contributed by atoms with Crippen molar-refractivity contribution in [3.8, 4) is 0 Å². The van der Waals surface area contributed by atoms with Crippen LogP contribution < -0.4 is 15.6 Å². The van der Waals surface area contributed by atoms with Crippen LogP contribution in [0.25, 0.3) is 0 Å². The fourth-order valence-electron chi connectivity index (χ4n) is 6.63. The highest BCUT2D eigenvalue weighted by molar-refractivity contribution is 5.82. The van der Waals surface area contributed by atoms with Gasteiger partial charge in [0.05, 0.1) is 26.1 Å². The molecule has 8 heteroatoms. The molecular weight excluding hydrogens is 441 g/mol. The van der Waals surface area contributed by atoms with Crippen LogP contribution in [0.3, 0.4) is 0 Å². The van der Waals surface area contributed by atoms with E-state index in [2.05, 4.69) is 21.7 Å². The lowest BCUT2D eigenvalue weighted by molar-refractivity contribution is -0.701. The van der Waals surface area contributed by atoms with E-state index in [4.69, 9.17) is 0 Å². The molecule has 3 aliphatic rings. The summed E-state index contributed by atoms with van der Waals surface area (Å²) in [6.45, 7) is 5.42. The first-order valence-corrected chi connectivity index (χ1v) is 12.3. The number of likely N-dealkylation sites (tertiary alicyclic amines) is 1. The average molecular weight is 476 g/mol. The van der Waals surface area contributed by atoms with Gasteiger partial charge < -0.3 is 15.5 Å². The minimum atomic E-state index is -4.31. The minimum Gasteiger partial charge on any atom is -0.345 e. The predicted molar refractivity (Wildman–Crippen MR) is 120 cm³/mol. The second-order valence-corrected chi connectivity index (χ2v) is 10.3. The van der Waals surface area contributed by atoms with Crippen molar-refractivity contribution in [2.45, 2.75) is 56.3 Å². The number of quaternary nitrogens is 2. The van der Waals surface area contributed by atoms with E-state index < -0.39 is 18.6 Å². The number of hydrogen-bond donors (Lipinski definition) is 2. The quantitative estimate of drug-likeness (QED) is 0.685. The van der Waals surface area contributed by atoms with Crippen molar-refractivity contribution in [1.82, 2.24) is 4.90 Å². The summed E-state index contributed by atoms with van der Waals surface area (Å²) in [6.07, 6.45) is -4.20. The van der Waals surface area contributed by atoms with E-state index in [1.165, 1.54) is 5.56 Å². The number of benzene rings is 1. The molecule has 4 atom stereocenters. The van der Waals surface area contributed by atoms with Crippen molar-refractivity contribution in [2.24, 2.45) is 5.92 Å². The number of amides is 1. The maximum atomic E-state index is 14.0. The lowest BCUT2D eigenvalue weighted by atomic mass is 9.69. The minimum absolute atomic E-state index is 0.0445. The highest BCUT2D eigenvalue weighted by atomic mass is 19.4. The third-order valence-electron chi connectivity index (χ3n) is 8.18. The van der Waals surface area contributed by atoms with E-state index in [1.807, 2.05) is 43.3 Å². The highest BCUT2D eigenvalue weighted by Gasteiger charge is 2.58. The maximum absolute atomic E-state index is 14.0. The summed E-state index contributed by atoms with van der Waals surface area (Å²) in [5, 5.41) is 4.40. The van der Waals surface area contributed by atoms with Crippen LogP contribution in [0.1, 0.15) is 47.7 Å². The van der Waals surface area contributed by atoms with Gasteiger partial charge >= 0.3 is 6.18 Å². The molecule has 5 N–H and O–H groups in total. The van der Waals surface area contributed by atoms with Crippen molar-refractivity contribution in [2.75, 3.05) is 26.2 Å². The van der Waals surface area contributed by atoms with Crippen LogP contribution in [0.4, 0.5) is 13.2 Å². The van der Waals surface area contributed by atoms with Crippen LogP contribution in [-0.4, -0.2) is 49.2 Å². The van der Waals surface area contributed by atoms with Crippen molar-refractivity contribution < 1.29 is 33.6 Å². The van der Waals surface area contributed by atoms with Crippen LogP contribution in [0.2, 0.25) is 0 Å². The van der Waals surface area contributed by atoms with Crippen molar-refractivity contribution in [3.05, 3.63) is 65.0 Å². The molecule has 5 nitrogen and oxygen atoms in total. The zero-order valence-corrected chi connectivity index (χ0v) is 19.6. The van der Waals surface area contributed by atoms with E-state index in [9.17, 15) is 18.0 Å². The molecule has 34 heavy (non-hydrogen) atoms. The number of halogens is 3. The Morgan fingerprint density at radius 1 is 1.15 bits per heavy atom. The molecule has 1 spiro atoms. The molecule has 5 rings (SSSR count). The Hall–Kier alpha value is -2.45. The van der Waals surface area contributed by atoms with Gasteiger partial charge in [0, 0.05) is 31.1 Å². The van der Waals surface area contributed by atoms with Gasteiger partial charge in [0.15, 0.2) is 12.2 Å². The summed E-state index contributed by atoms with van der Waals surface area (Å²) in [7, 11) is 0. The van der Waals surface area contributed by atoms with E-state index >= 15 is 0 Å². The first-order chi connectivity index (χ1) is 16.3. The number of H-pyrrole nitrogens is 1. The smallest absolute Gasteiger partial charge is 0.345 e. The van der Waals surface area contributed by atoms with Crippen LogP contribution in [-0.2, 0) is 16.8 Å². The Labute approximate surface area is 198 Å². The number of aromatic amines is 1. The summed E-state index contributed by atoms with van der Waals surface area (Å²) < 4.78 is 40.8. The van der Waals surface area contributed by atoms with Crippen LogP contribution in [0, 0.1) is 12.8 Å². The highest BCUT2D eigenvalue weighted by Crippen LogP contribution is 2.40. The second kappa shape index (κ2) is 8.96. The number of piperidine rings is 1. The topological polar surface area (TPSA) is 67.7 Å². The van der Waals surface area contributed by atoms with E-state index in [1.54, 1.807) is 4.90 Å². The van der Waals surface area contributed by atoms with Crippen molar-refractivity contribution >= 4 is 5.91 Å². The van der Waals surface area contributed by atoms with Gasteiger partial charge in [-0.25, -0.2) is 4.98 Å². The number of nitrogens with zero attached hydrogens (tertiary/aromatic N) is 1. The molecular formula is C26H34F3N4O+3. The molecule has 0 saturated carbocycles. The molecule has 0 bridgehead atoms. The molecule has 1 aromatic carbocycles. The lowest BCUT2D eigenvalue weighted by Gasteiger charge is -2.43. The number of alkyl halides is 3. The Morgan fingerprint density at radius 2 is 1.91 bits per heavy atom. The molecule has 2 fully saturated rings. The largest absolute Gasteiger partial charge is 0.391 e. The van der Waals surface area contributed by atoms with Gasteiger partial charge in [0.2, 0.25) is 11.6 Å². The van der Waals surface area contributed by atoms with Crippen molar-refractivity contribution in [1.29, 1.82) is 0 Å². The summed E-state index contributed by atoms with van der Waals surface area (Å²) in [5.74, 6) is -0.373. The van der Waals surface area contributed by atoms with Crippen LogP contribution in [0.5, 0.6) is 0 Å². The van der Waals surface area contributed by atoms with Gasteiger partial charge in [0.25, 0.3) is 0 Å². The van der Waals surface area contributed by atoms with Gasteiger partial charge in [0.1, 0.15) is 11.3 Å². The molecule has 1 aromatic heterocycles. The van der Waals surface area contributed by atoms with E-state index in [-0.39, 0.29) is 23.2 Å². The molecule has 0 radical (unpaired) electrons. The normalized spacial score (nSPS) is 29.3. The lowest BCUT2D eigenvalue weighted by Crippen LogP contribution is -2.91. The SMILES string of the molecule is Cc1ccc2c([nH+]1)C[NH2+]C[C@]21C[NH2+]C[C@H]1C(=O)N1CC[C@@H](c2ccccc2)C[C@H]1CC(F)(F)F. The van der Waals surface area contributed by atoms with E-state index in [0.717, 1.165) is 36.6 Å². The Balaban J connectivity index is 1.44. The number of aryl methyl sites for hydroxylation is 1. The molecule has 2 saturated heterocycles. The second-order valence-electron chi connectivity index (χ2n) is 10.3. The molecule has 182 valence electrons. The molecule has 4 heterocycles. The fourth-order valence-corrected chi connectivity index (χ4v) is 6.63. The maximum Gasteiger partial charge on any atom is 0.391 e. The molecule has 0 aliphatic carbocycles. The number of nitrogens with two attached hydrogens (primary N) is 2. The molecule has 2 aromatic rings. The zero-order valence-electron chi connectivity index (χ0n) is 19.6. The van der Waals surface area contributed by atoms with Gasteiger partial charge in [-0.15, -0.1) is 0 Å². The van der Waals surface area contributed by atoms with Crippen LogP contribution >= 0.6 is 0 Å². The first kappa shape index (κ1) is 23.3. The Kier molecular flexibility index (Phi) is 6.14. The number of aromatic nitrogens is 1. The summed E-state index contributed by atoms with van der Waals surface area (Å²) in [4.78, 5) is 19.1. The number of carbonyl (C=O) groups is 1. The monoisotopic (exact) mass is 475 g/mol. The van der Waals surface area contributed by atoms with E-state index in [0.29, 0.717) is 25.9 Å². The molecule has 1 amide bonds. The molecule has 0 unspecified atom stereocenters. The summed E-state index contributed by atoms with van der Waals surface area (Å²) >= 11 is 0. The molecule has 3 aliphatic heterocycles. The third kappa shape index (κ3) is 4.33. The average Bonchev–Trinajstić information content (AvgIpc) is 3.22. The van der Waals surface area contributed by atoms with Crippen LogP contribution in [0.15, 0.2) is 42.5 Å². The van der Waals surface area contributed by atoms with Gasteiger partial charge in [-0.1, -0.05) is 30.3 Å².